The van der Waals surface area contributed by atoms with Gasteiger partial charge in [0.25, 0.3) is 0 Å². The van der Waals surface area contributed by atoms with E-state index in [0.29, 0.717) is 25.9 Å². The quantitative estimate of drug-likeness (QED) is 0.603. The Bertz CT molecular complexity index is 812. The molecule has 0 aliphatic carbocycles. The second-order valence-electron chi connectivity index (χ2n) is 6.13. The molecule has 0 bridgehead atoms. The van der Waals surface area contributed by atoms with Crippen LogP contribution < -0.4 is 4.74 Å². The summed E-state index contributed by atoms with van der Waals surface area (Å²) in [6.45, 7) is 1.03. The van der Waals surface area contributed by atoms with E-state index < -0.39 is 0 Å². The standard InChI is InChI=1S/C22H23NO3/c1-25-21-12-6-5-10-19(21)13-14-22(24)23(17-20-11-7-15-26-20)16-18-8-3-2-4-9-18/h2-12,15H,13-14,16-17H2,1H3. The molecule has 26 heavy (non-hydrogen) atoms. The third-order valence-corrected chi connectivity index (χ3v) is 4.30. The summed E-state index contributed by atoms with van der Waals surface area (Å²) in [5, 5.41) is 0. The van der Waals surface area contributed by atoms with Crippen molar-refractivity contribution in [2.45, 2.75) is 25.9 Å². The molecule has 4 nitrogen and oxygen atoms in total. The van der Waals surface area contributed by atoms with Crippen LogP contribution in [-0.2, 0) is 24.3 Å². The molecule has 0 saturated carbocycles. The fourth-order valence-corrected chi connectivity index (χ4v) is 2.94. The zero-order valence-electron chi connectivity index (χ0n) is 14.9. The maximum atomic E-state index is 12.9. The maximum Gasteiger partial charge on any atom is 0.223 e. The van der Waals surface area contributed by atoms with Gasteiger partial charge >= 0.3 is 0 Å². The lowest BCUT2D eigenvalue weighted by atomic mass is 10.1. The number of aryl methyl sites for hydroxylation is 1. The Morgan fingerprint density at radius 1 is 0.962 bits per heavy atom. The van der Waals surface area contributed by atoms with E-state index in [9.17, 15) is 4.79 Å². The van der Waals surface area contributed by atoms with Crippen molar-refractivity contribution in [1.29, 1.82) is 0 Å². The van der Waals surface area contributed by atoms with E-state index >= 15 is 0 Å². The Morgan fingerprint density at radius 3 is 2.46 bits per heavy atom. The molecular weight excluding hydrogens is 326 g/mol. The van der Waals surface area contributed by atoms with E-state index in [2.05, 4.69) is 0 Å². The first-order valence-corrected chi connectivity index (χ1v) is 8.72. The first-order valence-electron chi connectivity index (χ1n) is 8.72. The van der Waals surface area contributed by atoms with Gasteiger partial charge in [-0.05, 0) is 35.7 Å². The molecule has 4 heteroatoms. The number of amides is 1. The summed E-state index contributed by atoms with van der Waals surface area (Å²) in [7, 11) is 1.65. The number of carbonyl (C=O) groups is 1. The molecule has 0 spiro atoms. The minimum absolute atomic E-state index is 0.0937. The molecule has 0 unspecified atom stereocenters. The van der Waals surface area contributed by atoms with Crippen LogP contribution in [0.25, 0.3) is 0 Å². The number of ether oxygens (including phenoxy) is 1. The number of para-hydroxylation sites is 1. The summed E-state index contributed by atoms with van der Waals surface area (Å²) in [6, 6.07) is 21.6. The van der Waals surface area contributed by atoms with Crippen molar-refractivity contribution in [3.63, 3.8) is 0 Å². The number of hydrogen-bond acceptors (Lipinski definition) is 3. The number of hydrogen-bond donors (Lipinski definition) is 0. The van der Waals surface area contributed by atoms with Crippen molar-refractivity contribution in [3.05, 3.63) is 89.9 Å². The highest BCUT2D eigenvalue weighted by Gasteiger charge is 2.16. The van der Waals surface area contributed by atoms with Crippen LogP contribution >= 0.6 is 0 Å². The van der Waals surface area contributed by atoms with Gasteiger partial charge in [0.15, 0.2) is 0 Å². The first kappa shape index (κ1) is 17.8. The summed E-state index contributed by atoms with van der Waals surface area (Å²) < 4.78 is 10.8. The van der Waals surface area contributed by atoms with Crippen molar-refractivity contribution in [3.8, 4) is 5.75 Å². The van der Waals surface area contributed by atoms with Gasteiger partial charge in [-0.15, -0.1) is 0 Å². The van der Waals surface area contributed by atoms with E-state index in [1.807, 2.05) is 71.6 Å². The summed E-state index contributed by atoms with van der Waals surface area (Å²) in [4.78, 5) is 14.7. The minimum Gasteiger partial charge on any atom is -0.496 e. The number of carbonyl (C=O) groups excluding carboxylic acids is 1. The lowest BCUT2D eigenvalue weighted by molar-refractivity contribution is -0.132. The van der Waals surface area contributed by atoms with E-state index in [1.165, 1.54) is 0 Å². The summed E-state index contributed by atoms with van der Waals surface area (Å²) in [6.07, 6.45) is 2.70. The minimum atomic E-state index is 0.0937. The highest BCUT2D eigenvalue weighted by Crippen LogP contribution is 2.20. The smallest absolute Gasteiger partial charge is 0.223 e. The number of methoxy groups -OCH3 is 1. The average Bonchev–Trinajstić information content (AvgIpc) is 3.20. The Hall–Kier alpha value is -3.01. The van der Waals surface area contributed by atoms with Gasteiger partial charge in [-0.1, -0.05) is 48.5 Å². The molecule has 0 aliphatic heterocycles. The predicted octanol–water partition coefficient (Wildman–Crippen LogP) is 4.45. The van der Waals surface area contributed by atoms with Gasteiger partial charge in [-0.3, -0.25) is 4.79 Å². The molecule has 3 rings (SSSR count). The zero-order valence-corrected chi connectivity index (χ0v) is 14.9. The molecule has 3 aromatic rings. The van der Waals surface area contributed by atoms with Crippen LogP contribution in [0.1, 0.15) is 23.3 Å². The van der Waals surface area contributed by atoms with Crippen molar-refractivity contribution in [2.24, 2.45) is 0 Å². The maximum absolute atomic E-state index is 12.9. The molecule has 0 saturated heterocycles. The van der Waals surface area contributed by atoms with E-state index in [1.54, 1.807) is 13.4 Å². The molecule has 0 aliphatic rings. The Kier molecular flexibility index (Phi) is 6.09. The first-order chi connectivity index (χ1) is 12.8. The molecule has 0 fully saturated rings. The van der Waals surface area contributed by atoms with Gasteiger partial charge in [0, 0.05) is 13.0 Å². The number of rotatable bonds is 8. The van der Waals surface area contributed by atoms with Crippen LogP contribution in [0.5, 0.6) is 5.75 Å². The lowest BCUT2D eigenvalue weighted by Crippen LogP contribution is -2.30. The molecule has 0 N–H and O–H groups in total. The molecule has 2 aromatic carbocycles. The summed E-state index contributed by atoms with van der Waals surface area (Å²) in [5.41, 5.74) is 2.14. The largest absolute Gasteiger partial charge is 0.496 e. The number of benzene rings is 2. The second-order valence-corrected chi connectivity index (χ2v) is 6.13. The van der Waals surface area contributed by atoms with Gasteiger partial charge in [0.1, 0.15) is 11.5 Å². The van der Waals surface area contributed by atoms with Gasteiger partial charge < -0.3 is 14.1 Å². The fourth-order valence-electron chi connectivity index (χ4n) is 2.94. The van der Waals surface area contributed by atoms with E-state index in [-0.39, 0.29) is 5.91 Å². The van der Waals surface area contributed by atoms with E-state index in [4.69, 9.17) is 9.15 Å². The van der Waals surface area contributed by atoms with Crippen molar-refractivity contribution in [1.82, 2.24) is 4.90 Å². The Morgan fingerprint density at radius 2 is 1.73 bits per heavy atom. The van der Waals surface area contributed by atoms with Gasteiger partial charge in [0.05, 0.1) is 19.9 Å². The van der Waals surface area contributed by atoms with Crippen LogP contribution in [0.4, 0.5) is 0 Å². The van der Waals surface area contributed by atoms with Gasteiger partial charge in [-0.2, -0.15) is 0 Å². The van der Waals surface area contributed by atoms with Crippen LogP contribution in [-0.4, -0.2) is 17.9 Å². The van der Waals surface area contributed by atoms with Crippen LogP contribution in [0.2, 0.25) is 0 Å². The molecule has 1 heterocycles. The number of nitrogens with zero attached hydrogens (tertiary/aromatic N) is 1. The highest BCUT2D eigenvalue weighted by molar-refractivity contribution is 5.76. The number of furan rings is 1. The summed E-state index contributed by atoms with van der Waals surface area (Å²) in [5.74, 6) is 1.70. The molecular formula is C22H23NO3. The van der Waals surface area contributed by atoms with Crippen molar-refractivity contribution in [2.75, 3.05) is 7.11 Å². The fraction of sp³-hybridized carbons (Fsp3) is 0.227. The highest BCUT2D eigenvalue weighted by atomic mass is 16.5. The van der Waals surface area contributed by atoms with Gasteiger partial charge in [0.2, 0.25) is 5.91 Å². The van der Waals surface area contributed by atoms with Crippen molar-refractivity contribution >= 4 is 5.91 Å². The van der Waals surface area contributed by atoms with Crippen LogP contribution in [0.3, 0.4) is 0 Å². The van der Waals surface area contributed by atoms with Gasteiger partial charge in [-0.25, -0.2) is 0 Å². The van der Waals surface area contributed by atoms with Crippen molar-refractivity contribution < 1.29 is 13.9 Å². The van der Waals surface area contributed by atoms with Crippen LogP contribution in [0, 0.1) is 0 Å². The topological polar surface area (TPSA) is 42.7 Å². The third kappa shape index (κ3) is 4.76. The molecule has 0 atom stereocenters. The SMILES string of the molecule is COc1ccccc1CCC(=O)N(Cc1ccccc1)Cc1ccco1. The van der Waals surface area contributed by atoms with Crippen LogP contribution in [0.15, 0.2) is 77.4 Å². The predicted molar refractivity (Wildman–Crippen MR) is 101 cm³/mol. The lowest BCUT2D eigenvalue weighted by Gasteiger charge is -2.22. The van der Waals surface area contributed by atoms with E-state index in [0.717, 1.165) is 22.6 Å². The molecule has 134 valence electrons. The molecule has 0 radical (unpaired) electrons. The average molecular weight is 349 g/mol. The Balaban J connectivity index is 1.69. The third-order valence-electron chi connectivity index (χ3n) is 4.30. The molecule has 1 aromatic heterocycles. The summed E-state index contributed by atoms with van der Waals surface area (Å²) >= 11 is 0. The molecule has 1 amide bonds. The zero-order chi connectivity index (χ0) is 18.2. The normalized spacial score (nSPS) is 10.5. The monoisotopic (exact) mass is 349 g/mol. The second kappa shape index (κ2) is 8.90. The Labute approximate surface area is 154 Å².